The van der Waals surface area contributed by atoms with Gasteiger partial charge in [0, 0.05) is 6.54 Å². The molecule has 0 radical (unpaired) electrons. The molecule has 1 aromatic rings. The summed E-state index contributed by atoms with van der Waals surface area (Å²) in [5.74, 6) is 0.693. The van der Waals surface area contributed by atoms with Crippen molar-refractivity contribution in [1.82, 2.24) is 9.55 Å². The van der Waals surface area contributed by atoms with Crippen molar-refractivity contribution in [2.45, 2.75) is 54.0 Å². The molecule has 0 amide bonds. The highest BCUT2D eigenvalue weighted by Crippen LogP contribution is 2.25. The quantitative estimate of drug-likeness (QED) is 0.870. The van der Waals surface area contributed by atoms with Gasteiger partial charge in [0.2, 0.25) is 5.88 Å². The summed E-state index contributed by atoms with van der Waals surface area (Å²) in [6.07, 6.45) is 0. The van der Waals surface area contributed by atoms with E-state index in [-0.39, 0.29) is 23.3 Å². The van der Waals surface area contributed by atoms with Gasteiger partial charge in [-0.15, -0.1) is 0 Å². The third kappa shape index (κ3) is 3.32. The van der Waals surface area contributed by atoms with Crippen LogP contribution in [0.5, 0.6) is 5.88 Å². The molecule has 0 aromatic carbocycles. The van der Waals surface area contributed by atoms with Crippen molar-refractivity contribution in [2.75, 3.05) is 0 Å². The number of aromatic hydroxyl groups is 1. The fourth-order valence-corrected chi connectivity index (χ4v) is 2.67. The molecule has 5 nitrogen and oxygen atoms in total. The summed E-state index contributed by atoms with van der Waals surface area (Å²) in [6, 6.07) is 0. The summed E-state index contributed by atoms with van der Waals surface area (Å²) >= 11 is 0. The lowest BCUT2D eigenvalue weighted by Gasteiger charge is -2.26. The van der Waals surface area contributed by atoms with Crippen molar-refractivity contribution in [3.8, 4) is 5.88 Å². The van der Waals surface area contributed by atoms with E-state index in [9.17, 15) is 14.7 Å². The van der Waals surface area contributed by atoms with Crippen LogP contribution in [0.25, 0.3) is 0 Å². The molecule has 0 aliphatic carbocycles. The number of aromatic amines is 1. The molecule has 0 bridgehead atoms. The number of rotatable bonds is 5. The average Bonchev–Trinajstić information content (AvgIpc) is 2.26. The molecule has 0 spiro atoms. The Morgan fingerprint density at radius 3 is 1.95 bits per heavy atom. The van der Waals surface area contributed by atoms with Crippen LogP contribution in [0, 0.1) is 17.8 Å². The summed E-state index contributed by atoms with van der Waals surface area (Å²) in [5.41, 5.74) is -0.761. The van der Waals surface area contributed by atoms with E-state index < -0.39 is 11.2 Å². The molecule has 1 heterocycles. The SMILES string of the molecule is CC(C)c1c(O)n(CC(C(C)C)C(C)C)c(=O)[nH]c1=O. The number of nitrogens with one attached hydrogen (secondary N) is 1. The first-order valence-electron chi connectivity index (χ1n) is 7.22. The number of nitrogens with zero attached hydrogens (tertiary/aromatic N) is 1. The molecule has 0 fully saturated rings. The maximum Gasteiger partial charge on any atom is 0.331 e. The van der Waals surface area contributed by atoms with Crippen LogP contribution in [0.15, 0.2) is 9.59 Å². The van der Waals surface area contributed by atoms with E-state index in [1.54, 1.807) is 0 Å². The van der Waals surface area contributed by atoms with Crippen molar-refractivity contribution >= 4 is 0 Å². The molecule has 0 unspecified atom stereocenters. The van der Waals surface area contributed by atoms with E-state index in [0.717, 1.165) is 0 Å². The lowest BCUT2D eigenvalue weighted by Crippen LogP contribution is -2.36. The molecule has 1 aromatic heterocycles. The summed E-state index contributed by atoms with van der Waals surface area (Å²) in [6.45, 7) is 12.5. The van der Waals surface area contributed by atoms with Crippen LogP contribution in [0.2, 0.25) is 0 Å². The molecular formula is C15H26N2O3. The second-order valence-corrected chi connectivity index (χ2v) is 6.41. The van der Waals surface area contributed by atoms with Crippen LogP contribution >= 0.6 is 0 Å². The Kier molecular flexibility index (Phi) is 5.20. The highest BCUT2D eigenvalue weighted by Gasteiger charge is 2.23. The lowest BCUT2D eigenvalue weighted by atomic mass is 9.85. The molecule has 0 saturated carbocycles. The Hall–Kier alpha value is -1.52. The van der Waals surface area contributed by atoms with Gasteiger partial charge >= 0.3 is 5.69 Å². The van der Waals surface area contributed by atoms with Crippen molar-refractivity contribution in [3.05, 3.63) is 26.4 Å². The van der Waals surface area contributed by atoms with E-state index in [1.807, 2.05) is 13.8 Å². The molecule has 2 N–H and O–H groups in total. The first-order valence-corrected chi connectivity index (χ1v) is 7.22. The van der Waals surface area contributed by atoms with E-state index in [0.29, 0.717) is 18.4 Å². The summed E-state index contributed by atoms with van der Waals surface area (Å²) < 4.78 is 1.29. The minimum atomic E-state index is -0.539. The van der Waals surface area contributed by atoms with Crippen LogP contribution in [0.4, 0.5) is 0 Å². The minimum absolute atomic E-state index is 0.137. The molecule has 1 rings (SSSR count). The van der Waals surface area contributed by atoms with Crippen molar-refractivity contribution in [3.63, 3.8) is 0 Å². The van der Waals surface area contributed by atoms with Crippen molar-refractivity contribution < 1.29 is 5.11 Å². The number of hydrogen-bond acceptors (Lipinski definition) is 3. The Morgan fingerprint density at radius 1 is 1.05 bits per heavy atom. The fourth-order valence-electron chi connectivity index (χ4n) is 2.67. The minimum Gasteiger partial charge on any atom is -0.494 e. The van der Waals surface area contributed by atoms with Gasteiger partial charge in [-0.25, -0.2) is 4.79 Å². The third-order valence-electron chi connectivity index (χ3n) is 3.89. The van der Waals surface area contributed by atoms with Gasteiger partial charge in [-0.2, -0.15) is 0 Å². The topological polar surface area (TPSA) is 75.1 Å². The molecule has 0 aliphatic rings. The zero-order chi connectivity index (χ0) is 15.6. The zero-order valence-corrected chi connectivity index (χ0v) is 13.2. The predicted octanol–water partition coefficient (Wildman–Crippen LogP) is 2.29. The first-order chi connectivity index (χ1) is 9.16. The smallest absolute Gasteiger partial charge is 0.331 e. The molecule has 0 atom stereocenters. The van der Waals surface area contributed by atoms with Gasteiger partial charge in [-0.05, 0) is 23.7 Å². The van der Waals surface area contributed by atoms with Gasteiger partial charge in [-0.1, -0.05) is 41.5 Å². The zero-order valence-electron chi connectivity index (χ0n) is 13.2. The maximum absolute atomic E-state index is 12.0. The van der Waals surface area contributed by atoms with Crippen LogP contribution in [-0.4, -0.2) is 14.7 Å². The van der Waals surface area contributed by atoms with Gasteiger partial charge in [0.25, 0.3) is 5.56 Å². The molecule has 0 saturated heterocycles. The standard InChI is InChI=1S/C15H26N2O3/c1-8(2)11(9(3)4)7-17-14(19)12(10(5)6)13(18)16-15(17)20/h8-11,19H,7H2,1-6H3,(H,16,18,20). The van der Waals surface area contributed by atoms with Crippen LogP contribution in [0.1, 0.15) is 53.0 Å². The van der Waals surface area contributed by atoms with Gasteiger partial charge < -0.3 is 5.11 Å². The Bertz CT molecular complexity index is 559. The number of H-pyrrole nitrogens is 1. The molecular weight excluding hydrogens is 256 g/mol. The van der Waals surface area contributed by atoms with E-state index in [4.69, 9.17) is 0 Å². The van der Waals surface area contributed by atoms with Crippen molar-refractivity contribution in [2.24, 2.45) is 17.8 Å². The Morgan fingerprint density at radius 2 is 1.55 bits per heavy atom. The normalized spacial score (nSPS) is 12.1. The van der Waals surface area contributed by atoms with Gasteiger partial charge in [0.05, 0.1) is 5.56 Å². The van der Waals surface area contributed by atoms with Gasteiger partial charge in [0.1, 0.15) is 0 Å². The molecule has 0 aliphatic heterocycles. The van der Waals surface area contributed by atoms with Crippen LogP contribution in [0.3, 0.4) is 0 Å². The third-order valence-corrected chi connectivity index (χ3v) is 3.89. The highest BCUT2D eigenvalue weighted by molar-refractivity contribution is 5.25. The lowest BCUT2D eigenvalue weighted by molar-refractivity contribution is 0.234. The van der Waals surface area contributed by atoms with E-state index in [1.165, 1.54) is 4.57 Å². The second kappa shape index (κ2) is 6.29. The highest BCUT2D eigenvalue weighted by atomic mass is 16.3. The van der Waals surface area contributed by atoms with Crippen molar-refractivity contribution in [1.29, 1.82) is 0 Å². The second-order valence-electron chi connectivity index (χ2n) is 6.41. The van der Waals surface area contributed by atoms with Gasteiger partial charge in [-0.3, -0.25) is 14.3 Å². The Labute approximate surface area is 119 Å². The van der Waals surface area contributed by atoms with Gasteiger partial charge in [0.15, 0.2) is 0 Å². The van der Waals surface area contributed by atoms with E-state index >= 15 is 0 Å². The predicted molar refractivity (Wildman–Crippen MR) is 80.2 cm³/mol. The largest absolute Gasteiger partial charge is 0.494 e. The summed E-state index contributed by atoms with van der Waals surface area (Å²) in [4.78, 5) is 26.0. The fraction of sp³-hybridized carbons (Fsp3) is 0.733. The molecule has 5 heteroatoms. The maximum atomic E-state index is 12.0. The van der Waals surface area contributed by atoms with E-state index in [2.05, 4.69) is 32.7 Å². The first kappa shape index (κ1) is 16.5. The summed E-state index contributed by atoms with van der Waals surface area (Å²) in [5, 5.41) is 10.3. The average molecular weight is 282 g/mol. The Balaban J connectivity index is 3.35. The molecule has 20 heavy (non-hydrogen) atoms. The summed E-state index contributed by atoms with van der Waals surface area (Å²) in [7, 11) is 0. The number of aromatic nitrogens is 2. The monoisotopic (exact) mass is 282 g/mol. The number of hydrogen-bond donors (Lipinski definition) is 2. The van der Waals surface area contributed by atoms with Crippen LogP contribution < -0.4 is 11.2 Å². The molecule has 114 valence electrons. The van der Waals surface area contributed by atoms with Crippen LogP contribution in [-0.2, 0) is 6.54 Å².